The van der Waals surface area contributed by atoms with Gasteiger partial charge >= 0.3 is 0 Å². The van der Waals surface area contributed by atoms with Gasteiger partial charge in [-0.15, -0.1) is 0 Å². The number of fused-ring (bicyclic) bond motifs is 4. The fraction of sp³-hybridized carbons (Fsp3) is 0.433. The highest BCUT2D eigenvalue weighted by Gasteiger charge is 2.39. The number of aromatic nitrogens is 2. The molecular formula is C30H39N5O4S. The predicted octanol–water partition coefficient (Wildman–Crippen LogP) is 5.29. The molecule has 0 spiro atoms. The van der Waals surface area contributed by atoms with Gasteiger partial charge in [-0.05, 0) is 68.4 Å². The Hall–Kier alpha value is -3.50. The second kappa shape index (κ2) is 10.8. The molecule has 2 atom stereocenters. The van der Waals surface area contributed by atoms with Crippen LogP contribution in [0.15, 0.2) is 53.4 Å². The summed E-state index contributed by atoms with van der Waals surface area (Å²) in [5.74, 6) is -0.291. The van der Waals surface area contributed by atoms with Crippen LogP contribution in [0.25, 0.3) is 11.3 Å². The van der Waals surface area contributed by atoms with Crippen molar-refractivity contribution in [1.82, 2.24) is 14.9 Å². The normalized spacial score (nSPS) is 18.9. The number of nitrogens with one attached hydrogen (secondary N) is 1. The first-order valence-electron chi connectivity index (χ1n) is 13.5. The highest BCUT2D eigenvalue weighted by molar-refractivity contribution is 7.92. The molecule has 9 nitrogen and oxygen atoms in total. The van der Waals surface area contributed by atoms with E-state index in [1.54, 1.807) is 23.1 Å². The molecule has 1 amide bonds. The van der Waals surface area contributed by atoms with Crippen LogP contribution in [0, 0.1) is 19.3 Å². The van der Waals surface area contributed by atoms with E-state index in [4.69, 9.17) is 10.5 Å². The number of hydrogen-bond donors (Lipinski definition) is 2. The number of amides is 1. The number of carbonyl (C=O) groups excluding carboxylic acids is 1. The van der Waals surface area contributed by atoms with Gasteiger partial charge in [0.2, 0.25) is 11.8 Å². The number of ether oxygens (including phenoxy) is 1. The molecule has 4 bridgehead atoms. The van der Waals surface area contributed by atoms with E-state index < -0.39 is 21.7 Å². The summed E-state index contributed by atoms with van der Waals surface area (Å²) in [6.07, 6.45) is 1.07. The fourth-order valence-electron chi connectivity index (χ4n) is 5.10. The number of nitrogens with two attached hydrogens (primary N) is 1. The summed E-state index contributed by atoms with van der Waals surface area (Å²) in [6.45, 7) is 14.0. The van der Waals surface area contributed by atoms with E-state index in [0.717, 1.165) is 16.7 Å². The van der Waals surface area contributed by atoms with Gasteiger partial charge < -0.3 is 15.4 Å². The minimum absolute atomic E-state index is 0.0799. The molecule has 3 N–H and O–H groups in total. The first kappa shape index (κ1) is 29.5. The summed E-state index contributed by atoms with van der Waals surface area (Å²) in [5, 5.41) is 0. The minimum atomic E-state index is -4.13. The number of aryl methyl sites for hydroxylation is 2. The van der Waals surface area contributed by atoms with Gasteiger partial charge in [-0.2, -0.15) is 4.98 Å². The van der Waals surface area contributed by atoms with E-state index >= 15 is 0 Å². The van der Waals surface area contributed by atoms with Gasteiger partial charge in [0.05, 0.1) is 22.3 Å². The molecule has 1 aliphatic heterocycles. The van der Waals surface area contributed by atoms with E-state index in [1.807, 2.05) is 45.9 Å². The molecule has 2 aromatic carbocycles. The monoisotopic (exact) mass is 565 g/mol. The highest BCUT2D eigenvalue weighted by Crippen LogP contribution is 2.33. The molecule has 1 aromatic heterocycles. The van der Waals surface area contributed by atoms with Gasteiger partial charge in [0, 0.05) is 17.2 Å². The van der Waals surface area contributed by atoms with E-state index in [1.165, 1.54) is 12.1 Å². The summed E-state index contributed by atoms with van der Waals surface area (Å²) in [4.78, 5) is 24.6. The molecule has 40 heavy (non-hydrogen) atoms. The quantitative estimate of drug-likeness (QED) is 0.440. The van der Waals surface area contributed by atoms with Crippen molar-refractivity contribution in [3.63, 3.8) is 0 Å². The largest absolute Gasteiger partial charge is 0.475 e. The van der Waals surface area contributed by atoms with Crippen molar-refractivity contribution in [1.29, 1.82) is 0 Å². The zero-order valence-corrected chi connectivity index (χ0v) is 25.1. The number of sulfonamides is 1. The Balaban J connectivity index is 1.96. The Labute approximate surface area is 237 Å². The van der Waals surface area contributed by atoms with Crippen LogP contribution in [0.1, 0.15) is 68.9 Å². The van der Waals surface area contributed by atoms with Crippen LogP contribution in [-0.2, 0) is 10.0 Å². The maximum absolute atomic E-state index is 14.1. The number of rotatable bonds is 4. The number of nitrogens with zero attached hydrogens (tertiary/aromatic N) is 3. The van der Waals surface area contributed by atoms with Gasteiger partial charge in [-0.3, -0.25) is 4.79 Å². The SMILES string of the molecule is CCC(C)(N)N1C(=O)c2cccc(c2)S(=O)(=O)Nc2nc(cc(-c3c(C)cccc3C)n2)OC[C@H]1CC(C)(C)C. The van der Waals surface area contributed by atoms with Crippen LogP contribution in [-0.4, -0.2) is 47.5 Å². The van der Waals surface area contributed by atoms with Gasteiger partial charge in [-0.25, -0.2) is 18.1 Å². The zero-order chi connectivity index (χ0) is 29.5. The Kier molecular flexibility index (Phi) is 7.97. The van der Waals surface area contributed by atoms with E-state index in [0.29, 0.717) is 18.5 Å². The first-order chi connectivity index (χ1) is 18.6. The molecule has 1 aliphatic rings. The van der Waals surface area contributed by atoms with Crippen LogP contribution in [0.3, 0.4) is 0 Å². The van der Waals surface area contributed by atoms with Crippen LogP contribution >= 0.6 is 0 Å². The summed E-state index contributed by atoms with van der Waals surface area (Å²) in [7, 11) is -4.13. The molecule has 3 aromatic rings. The Morgan fingerprint density at radius 3 is 2.33 bits per heavy atom. The maximum Gasteiger partial charge on any atom is 0.264 e. The van der Waals surface area contributed by atoms with E-state index in [2.05, 4.69) is 35.5 Å². The van der Waals surface area contributed by atoms with Crippen LogP contribution in [0.2, 0.25) is 0 Å². The third-order valence-corrected chi connectivity index (χ3v) is 8.50. The van der Waals surface area contributed by atoms with Crippen LogP contribution < -0.4 is 15.2 Å². The summed E-state index contributed by atoms with van der Waals surface area (Å²) in [6, 6.07) is 13.1. The molecular weight excluding hydrogens is 526 g/mol. The molecule has 0 saturated heterocycles. The van der Waals surface area contributed by atoms with E-state index in [9.17, 15) is 13.2 Å². The molecule has 2 heterocycles. The topological polar surface area (TPSA) is 128 Å². The number of benzene rings is 2. The third kappa shape index (κ3) is 6.28. The van der Waals surface area contributed by atoms with Crippen molar-refractivity contribution in [3.05, 3.63) is 65.2 Å². The highest BCUT2D eigenvalue weighted by atomic mass is 32.2. The molecule has 0 fully saturated rings. The first-order valence-corrected chi connectivity index (χ1v) is 14.9. The summed E-state index contributed by atoms with van der Waals surface area (Å²) < 4.78 is 35.7. The standard InChI is InChI=1S/C30H39N5O4S/c1-8-30(7,31)35-22(17-29(4,5)6)18-39-25-16-24(26-19(2)11-9-12-20(26)3)32-28(33-25)34-40(37,38)23-14-10-13-21(15-23)27(35)36/h9-16,22H,8,17-18,31H2,1-7H3,(H,32,33,34)/t22-,30?/m1/s1. The van der Waals surface area contributed by atoms with Crippen LogP contribution in [0.4, 0.5) is 5.95 Å². The van der Waals surface area contributed by atoms with Crippen LogP contribution in [0.5, 0.6) is 5.88 Å². The summed E-state index contributed by atoms with van der Waals surface area (Å²) in [5.41, 5.74) is 9.13. The average Bonchev–Trinajstić information content (AvgIpc) is 2.85. The van der Waals surface area contributed by atoms with Gasteiger partial charge in [-0.1, -0.05) is 52.0 Å². The Bertz CT molecular complexity index is 1510. The van der Waals surface area contributed by atoms with Gasteiger partial charge in [0.15, 0.2) is 0 Å². The third-order valence-electron chi connectivity index (χ3n) is 7.18. The number of carbonyl (C=O) groups is 1. The average molecular weight is 566 g/mol. The molecule has 0 radical (unpaired) electrons. The summed E-state index contributed by atoms with van der Waals surface area (Å²) >= 11 is 0. The lowest BCUT2D eigenvalue weighted by Gasteiger charge is -2.44. The molecule has 4 rings (SSSR count). The second-order valence-electron chi connectivity index (χ2n) is 11.9. The van der Waals surface area contributed by atoms with Crippen molar-refractivity contribution >= 4 is 21.9 Å². The lowest BCUT2D eigenvalue weighted by atomic mass is 9.86. The maximum atomic E-state index is 14.1. The lowest BCUT2D eigenvalue weighted by molar-refractivity contribution is 0.0134. The smallest absolute Gasteiger partial charge is 0.264 e. The van der Waals surface area contributed by atoms with Crippen molar-refractivity contribution in [3.8, 4) is 17.1 Å². The molecule has 214 valence electrons. The van der Waals surface area contributed by atoms with Gasteiger partial charge in [0.25, 0.3) is 15.9 Å². The van der Waals surface area contributed by atoms with Gasteiger partial charge in [0.1, 0.15) is 6.61 Å². The van der Waals surface area contributed by atoms with Crippen molar-refractivity contribution in [2.45, 2.75) is 77.9 Å². The lowest BCUT2D eigenvalue weighted by Crippen LogP contribution is -2.61. The molecule has 0 aliphatic carbocycles. The van der Waals surface area contributed by atoms with Crippen molar-refractivity contribution in [2.24, 2.45) is 11.1 Å². The Morgan fingerprint density at radius 2 is 1.70 bits per heavy atom. The number of anilines is 1. The zero-order valence-electron chi connectivity index (χ0n) is 24.3. The molecule has 1 unspecified atom stereocenters. The van der Waals surface area contributed by atoms with Crippen molar-refractivity contribution < 1.29 is 17.9 Å². The van der Waals surface area contributed by atoms with Crippen molar-refractivity contribution in [2.75, 3.05) is 11.3 Å². The minimum Gasteiger partial charge on any atom is -0.475 e. The predicted molar refractivity (Wildman–Crippen MR) is 157 cm³/mol. The van der Waals surface area contributed by atoms with E-state index in [-0.39, 0.29) is 40.2 Å². The molecule has 10 heteroatoms. The number of hydrogen-bond acceptors (Lipinski definition) is 7. The fourth-order valence-corrected chi connectivity index (χ4v) is 6.09. The Morgan fingerprint density at radius 1 is 1.05 bits per heavy atom. The second-order valence-corrected chi connectivity index (χ2v) is 13.6. The molecule has 0 saturated carbocycles.